The predicted octanol–water partition coefficient (Wildman–Crippen LogP) is 5.02. The number of fused-ring (bicyclic) bond motifs is 1. The maximum Gasteiger partial charge on any atom is 0.416 e. The third kappa shape index (κ3) is 4.20. The second kappa shape index (κ2) is 7.40. The van der Waals surface area contributed by atoms with Crippen LogP contribution < -0.4 is 4.74 Å². The summed E-state index contributed by atoms with van der Waals surface area (Å²) in [5.41, 5.74) is 0.713. The Bertz CT molecular complexity index is 867. The number of carboxylic acids is 1. The highest BCUT2D eigenvalue weighted by Crippen LogP contribution is 2.39. The zero-order chi connectivity index (χ0) is 19.8. The van der Waals surface area contributed by atoms with Gasteiger partial charge in [0.25, 0.3) is 0 Å². The molecule has 1 unspecified atom stereocenters. The first-order chi connectivity index (χ1) is 12.7. The number of ether oxygens (including phenoxy) is 1. The molecule has 3 rings (SSSR count). The standard InChI is InChI=1S/C19H16ClF3O4/c20-15-9-11(19(21,22)23)4-7-16(15)27-12-5-6-13-10(8-12)2-1-3-14(13)17(24)18(25)26/h4-9,14,17,24H,1-3H2,(H,25,26)/t14-,17?/m1/s1. The number of hydrogen-bond acceptors (Lipinski definition) is 3. The number of benzene rings is 2. The number of carbonyl (C=O) groups is 1. The summed E-state index contributed by atoms with van der Waals surface area (Å²) in [5.74, 6) is -1.32. The van der Waals surface area contributed by atoms with Crippen molar-refractivity contribution in [2.75, 3.05) is 0 Å². The van der Waals surface area contributed by atoms with Crippen molar-refractivity contribution in [3.05, 3.63) is 58.1 Å². The lowest BCUT2D eigenvalue weighted by Crippen LogP contribution is -2.30. The van der Waals surface area contributed by atoms with Crippen molar-refractivity contribution >= 4 is 17.6 Å². The van der Waals surface area contributed by atoms with E-state index in [1.807, 2.05) is 0 Å². The van der Waals surface area contributed by atoms with E-state index in [0.717, 1.165) is 29.3 Å². The van der Waals surface area contributed by atoms with Crippen molar-refractivity contribution in [1.29, 1.82) is 0 Å². The largest absolute Gasteiger partial charge is 0.479 e. The minimum absolute atomic E-state index is 0.0857. The SMILES string of the molecule is O=C(O)C(O)[C@@H]1CCCc2cc(Oc3ccc(C(F)(F)F)cc3Cl)ccc21. The summed E-state index contributed by atoms with van der Waals surface area (Å²) < 4.78 is 43.7. The van der Waals surface area contributed by atoms with Crippen LogP contribution >= 0.6 is 11.6 Å². The number of carboxylic acid groups (broad SMARTS) is 1. The quantitative estimate of drug-likeness (QED) is 0.756. The molecule has 4 nitrogen and oxygen atoms in total. The minimum atomic E-state index is -4.49. The lowest BCUT2D eigenvalue weighted by Gasteiger charge is -2.27. The van der Waals surface area contributed by atoms with E-state index in [2.05, 4.69) is 0 Å². The van der Waals surface area contributed by atoms with Crippen molar-refractivity contribution < 1.29 is 32.9 Å². The highest BCUT2D eigenvalue weighted by Gasteiger charge is 2.32. The van der Waals surface area contributed by atoms with E-state index in [0.29, 0.717) is 25.0 Å². The molecular formula is C19H16ClF3O4. The average Bonchev–Trinajstić information content (AvgIpc) is 2.61. The number of alkyl halides is 3. The molecule has 8 heteroatoms. The van der Waals surface area contributed by atoms with E-state index < -0.39 is 29.7 Å². The fourth-order valence-electron chi connectivity index (χ4n) is 3.28. The molecule has 144 valence electrons. The smallest absolute Gasteiger partial charge is 0.416 e. The zero-order valence-corrected chi connectivity index (χ0v) is 14.7. The summed E-state index contributed by atoms with van der Waals surface area (Å²) in [7, 11) is 0. The van der Waals surface area contributed by atoms with Crippen LogP contribution in [0.2, 0.25) is 5.02 Å². The highest BCUT2D eigenvalue weighted by molar-refractivity contribution is 6.32. The van der Waals surface area contributed by atoms with Gasteiger partial charge in [0.15, 0.2) is 6.10 Å². The van der Waals surface area contributed by atoms with Crippen molar-refractivity contribution in [1.82, 2.24) is 0 Å². The van der Waals surface area contributed by atoms with Crippen LogP contribution in [0, 0.1) is 0 Å². The molecule has 2 aromatic carbocycles. The predicted molar refractivity (Wildman–Crippen MR) is 92.3 cm³/mol. The third-order valence-corrected chi connectivity index (χ3v) is 4.89. The van der Waals surface area contributed by atoms with Crippen molar-refractivity contribution in [2.24, 2.45) is 0 Å². The van der Waals surface area contributed by atoms with E-state index >= 15 is 0 Å². The van der Waals surface area contributed by atoms with Gasteiger partial charge in [-0.05, 0) is 60.7 Å². The van der Waals surface area contributed by atoms with Crippen LogP contribution in [0.5, 0.6) is 11.5 Å². The highest BCUT2D eigenvalue weighted by atomic mass is 35.5. The number of aliphatic hydroxyl groups excluding tert-OH is 1. The topological polar surface area (TPSA) is 66.8 Å². The Labute approximate surface area is 158 Å². The van der Waals surface area contributed by atoms with E-state index in [9.17, 15) is 23.1 Å². The van der Waals surface area contributed by atoms with Crippen LogP contribution in [0.1, 0.15) is 35.4 Å². The van der Waals surface area contributed by atoms with Crippen molar-refractivity contribution in [3.8, 4) is 11.5 Å². The zero-order valence-electron chi connectivity index (χ0n) is 14.0. The molecule has 2 atom stereocenters. The first-order valence-electron chi connectivity index (χ1n) is 8.25. The van der Waals surface area contributed by atoms with Gasteiger partial charge in [0, 0.05) is 5.92 Å². The molecule has 1 aliphatic carbocycles. The Morgan fingerprint density at radius 1 is 1.22 bits per heavy atom. The normalized spacial score (nSPS) is 17.9. The third-order valence-electron chi connectivity index (χ3n) is 4.60. The van der Waals surface area contributed by atoms with Crippen molar-refractivity contribution in [3.63, 3.8) is 0 Å². The number of halogens is 4. The van der Waals surface area contributed by atoms with Gasteiger partial charge in [0.1, 0.15) is 11.5 Å². The number of aryl methyl sites for hydroxylation is 1. The molecule has 2 N–H and O–H groups in total. The Kier molecular flexibility index (Phi) is 5.35. The molecule has 0 saturated heterocycles. The molecule has 1 aliphatic rings. The second-order valence-corrected chi connectivity index (χ2v) is 6.79. The van der Waals surface area contributed by atoms with Gasteiger partial charge in [-0.3, -0.25) is 0 Å². The lowest BCUT2D eigenvalue weighted by molar-refractivity contribution is -0.148. The number of rotatable bonds is 4. The van der Waals surface area contributed by atoms with E-state index in [4.69, 9.17) is 21.4 Å². The minimum Gasteiger partial charge on any atom is -0.479 e. The monoisotopic (exact) mass is 400 g/mol. The Hall–Kier alpha value is -2.25. The summed E-state index contributed by atoms with van der Waals surface area (Å²) in [4.78, 5) is 11.1. The van der Waals surface area contributed by atoms with E-state index in [1.165, 1.54) is 0 Å². The Balaban J connectivity index is 1.85. The van der Waals surface area contributed by atoms with Gasteiger partial charge >= 0.3 is 12.1 Å². The van der Waals surface area contributed by atoms with Crippen LogP contribution in [0.15, 0.2) is 36.4 Å². The van der Waals surface area contributed by atoms with Crippen LogP contribution in [0.25, 0.3) is 0 Å². The molecule has 0 aromatic heterocycles. The van der Waals surface area contributed by atoms with Gasteiger partial charge in [-0.25, -0.2) is 4.79 Å². The molecule has 0 heterocycles. The van der Waals surface area contributed by atoms with E-state index in [1.54, 1.807) is 18.2 Å². The molecule has 0 bridgehead atoms. The fourth-order valence-corrected chi connectivity index (χ4v) is 3.50. The first-order valence-corrected chi connectivity index (χ1v) is 8.63. The fraction of sp³-hybridized carbons (Fsp3) is 0.316. The van der Waals surface area contributed by atoms with Gasteiger partial charge < -0.3 is 14.9 Å². The van der Waals surface area contributed by atoms with Crippen LogP contribution in [-0.4, -0.2) is 22.3 Å². The van der Waals surface area contributed by atoms with Gasteiger partial charge in [-0.1, -0.05) is 17.7 Å². The summed E-state index contributed by atoms with van der Waals surface area (Å²) >= 11 is 5.90. The van der Waals surface area contributed by atoms with Gasteiger partial charge in [0.05, 0.1) is 10.6 Å². The molecule has 0 amide bonds. The van der Waals surface area contributed by atoms with Crippen LogP contribution in [0.4, 0.5) is 13.2 Å². The molecule has 27 heavy (non-hydrogen) atoms. The molecule has 0 spiro atoms. The molecule has 0 fully saturated rings. The number of aliphatic carboxylic acids is 1. The van der Waals surface area contributed by atoms with Crippen LogP contribution in [0.3, 0.4) is 0 Å². The van der Waals surface area contributed by atoms with Gasteiger partial charge in [-0.2, -0.15) is 13.2 Å². The molecule has 0 radical (unpaired) electrons. The summed E-state index contributed by atoms with van der Waals surface area (Å²) in [6.45, 7) is 0. The molecule has 2 aromatic rings. The second-order valence-electron chi connectivity index (χ2n) is 6.39. The van der Waals surface area contributed by atoms with Crippen molar-refractivity contribution in [2.45, 2.75) is 37.5 Å². The summed E-state index contributed by atoms with van der Waals surface area (Å²) in [6, 6.07) is 7.80. The summed E-state index contributed by atoms with van der Waals surface area (Å²) in [5, 5.41) is 18.8. The summed E-state index contributed by atoms with van der Waals surface area (Å²) in [6.07, 6.45) is -4.01. The maximum atomic E-state index is 12.7. The molecule has 0 saturated carbocycles. The lowest BCUT2D eigenvalue weighted by atomic mass is 9.79. The number of aliphatic hydroxyl groups is 1. The van der Waals surface area contributed by atoms with Crippen LogP contribution in [-0.2, 0) is 17.4 Å². The Morgan fingerprint density at radius 2 is 1.96 bits per heavy atom. The van der Waals surface area contributed by atoms with Gasteiger partial charge in [0.2, 0.25) is 0 Å². The maximum absolute atomic E-state index is 12.7. The average molecular weight is 401 g/mol. The molecule has 0 aliphatic heterocycles. The number of hydrogen-bond donors (Lipinski definition) is 2. The first kappa shape index (κ1) is 19.5. The molecular weight excluding hydrogens is 385 g/mol. The van der Waals surface area contributed by atoms with E-state index in [-0.39, 0.29) is 10.8 Å². The van der Waals surface area contributed by atoms with Gasteiger partial charge in [-0.15, -0.1) is 0 Å². The Morgan fingerprint density at radius 3 is 2.59 bits per heavy atom.